The Bertz CT molecular complexity index is 1360. The summed E-state index contributed by atoms with van der Waals surface area (Å²) in [6.45, 7) is 3.58. The summed E-state index contributed by atoms with van der Waals surface area (Å²) in [7, 11) is 0. The molecule has 164 valence electrons. The van der Waals surface area contributed by atoms with E-state index in [1.54, 1.807) is 18.2 Å². The van der Waals surface area contributed by atoms with Crippen LogP contribution in [-0.4, -0.2) is 31.5 Å². The van der Waals surface area contributed by atoms with Gasteiger partial charge in [-0.05, 0) is 37.3 Å². The van der Waals surface area contributed by atoms with Crippen molar-refractivity contribution in [2.24, 2.45) is 5.10 Å². The van der Waals surface area contributed by atoms with E-state index in [4.69, 9.17) is 5.10 Å². The van der Waals surface area contributed by atoms with E-state index >= 15 is 0 Å². The van der Waals surface area contributed by atoms with Crippen LogP contribution in [-0.2, 0) is 4.79 Å². The number of amides is 1. The number of hydrogen-bond donors (Lipinski definition) is 1. The first-order valence-electron chi connectivity index (χ1n) is 10.9. The topological polar surface area (TPSA) is 70.7 Å². The normalized spacial score (nSPS) is 15.5. The molecule has 0 saturated heterocycles. The van der Waals surface area contributed by atoms with Crippen molar-refractivity contribution >= 4 is 11.6 Å². The third kappa shape index (κ3) is 4.03. The molecule has 0 fully saturated rings. The fourth-order valence-corrected chi connectivity index (χ4v) is 4.26. The Balaban J connectivity index is 1.63. The highest BCUT2D eigenvalue weighted by Crippen LogP contribution is 2.38. The van der Waals surface area contributed by atoms with Gasteiger partial charge >= 0.3 is 0 Å². The summed E-state index contributed by atoms with van der Waals surface area (Å²) in [6, 6.07) is 24.8. The molecule has 1 aliphatic heterocycles. The minimum atomic E-state index is -0.298. The zero-order valence-electron chi connectivity index (χ0n) is 18.5. The third-order valence-corrected chi connectivity index (χ3v) is 5.83. The van der Waals surface area contributed by atoms with Crippen molar-refractivity contribution in [3.8, 4) is 22.7 Å². The van der Waals surface area contributed by atoms with Gasteiger partial charge in [0.25, 0.3) is 0 Å². The average Bonchev–Trinajstić information content (AvgIpc) is 3.45. The van der Waals surface area contributed by atoms with Crippen LogP contribution in [0.3, 0.4) is 0 Å². The minimum absolute atomic E-state index is 0.141. The second-order valence-electron chi connectivity index (χ2n) is 8.26. The molecule has 0 radical (unpaired) electrons. The van der Waals surface area contributed by atoms with Gasteiger partial charge in [-0.3, -0.25) is 4.79 Å². The maximum absolute atomic E-state index is 12.6. The van der Waals surface area contributed by atoms with Crippen molar-refractivity contribution in [1.82, 2.24) is 14.8 Å². The zero-order valence-corrected chi connectivity index (χ0v) is 18.5. The van der Waals surface area contributed by atoms with Crippen LogP contribution in [0.2, 0.25) is 0 Å². The van der Waals surface area contributed by atoms with E-state index < -0.39 is 0 Å². The van der Waals surface area contributed by atoms with E-state index in [9.17, 15) is 9.90 Å². The maximum atomic E-state index is 12.6. The molecular formula is C27H24N4O2. The van der Waals surface area contributed by atoms with E-state index in [0.717, 1.165) is 39.3 Å². The number of aromatic nitrogens is 2. The summed E-state index contributed by atoms with van der Waals surface area (Å²) in [6.07, 6.45) is 2.52. The van der Waals surface area contributed by atoms with Crippen molar-refractivity contribution in [3.05, 3.63) is 102 Å². The molecule has 3 aromatic carbocycles. The van der Waals surface area contributed by atoms with Gasteiger partial charge in [-0.15, -0.1) is 0 Å². The lowest BCUT2D eigenvalue weighted by atomic mass is 9.96. The number of hydrogen-bond acceptors (Lipinski definition) is 4. The Morgan fingerprint density at radius 1 is 0.970 bits per heavy atom. The summed E-state index contributed by atoms with van der Waals surface area (Å²) in [5.74, 6) is 0.0307. The largest absolute Gasteiger partial charge is 0.508 e. The molecular weight excluding hydrogens is 412 g/mol. The van der Waals surface area contributed by atoms with Gasteiger partial charge in [0.05, 0.1) is 23.1 Å². The summed E-state index contributed by atoms with van der Waals surface area (Å²) in [4.78, 5) is 12.6. The number of hydrazone groups is 1. The lowest BCUT2D eigenvalue weighted by Crippen LogP contribution is -2.24. The van der Waals surface area contributed by atoms with E-state index in [0.29, 0.717) is 6.42 Å². The highest BCUT2D eigenvalue weighted by atomic mass is 16.3. The summed E-state index contributed by atoms with van der Waals surface area (Å²) < 4.78 is 1.86. The van der Waals surface area contributed by atoms with Crippen LogP contribution in [0.4, 0.5) is 0 Å². The number of phenolic OH excluding ortho intramolecular Hbond substituents is 1. The Labute approximate surface area is 192 Å². The van der Waals surface area contributed by atoms with Gasteiger partial charge in [-0.25, -0.2) is 9.69 Å². The number of aromatic hydroxyl groups is 1. The Morgan fingerprint density at radius 2 is 1.73 bits per heavy atom. The average molecular weight is 437 g/mol. The number of carbonyl (C=O) groups excluding carboxylic acids is 1. The quantitative estimate of drug-likeness (QED) is 0.475. The van der Waals surface area contributed by atoms with Gasteiger partial charge in [-0.2, -0.15) is 10.2 Å². The minimum Gasteiger partial charge on any atom is -0.508 e. The number of benzene rings is 3. The molecule has 0 bridgehead atoms. The highest BCUT2D eigenvalue weighted by molar-refractivity contribution is 6.03. The number of nitrogens with zero attached hydrogens (tertiary/aromatic N) is 4. The maximum Gasteiger partial charge on any atom is 0.240 e. The van der Waals surface area contributed by atoms with Crippen LogP contribution in [0.5, 0.6) is 5.75 Å². The van der Waals surface area contributed by atoms with Crippen molar-refractivity contribution < 1.29 is 9.90 Å². The monoisotopic (exact) mass is 436 g/mol. The van der Waals surface area contributed by atoms with Crippen LogP contribution in [0.15, 0.2) is 90.2 Å². The molecule has 1 aromatic heterocycles. The second kappa shape index (κ2) is 8.39. The molecule has 1 N–H and O–H groups in total. The standard InChI is InChI=1S/C27H24N4O2/c1-18-8-6-10-21(14-18)27-24(17-30(29-27)22-11-4-3-5-12-22)26-16-25(28-31(26)19(2)32)20-9-7-13-23(33)15-20/h3-15,17,26,33H,16H2,1-2H3/t26-/m0/s1. The van der Waals surface area contributed by atoms with Gasteiger partial charge in [0.1, 0.15) is 5.75 Å². The molecule has 5 rings (SSSR count). The summed E-state index contributed by atoms with van der Waals surface area (Å²) in [5.41, 5.74) is 6.39. The number of para-hydroxylation sites is 1. The lowest BCUT2D eigenvalue weighted by Gasteiger charge is -2.20. The van der Waals surface area contributed by atoms with E-state index in [1.807, 2.05) is 59.4 Å². The first-order valence-corrected chi connectivity index (χ1v) is 10.9. The Morgan fingerprint density at radius 3 is 2.45 bits per heavy atom. The SMILES string of the molecule is CC(=O)N1N=C(c2cccc(O)c2)C[C@H]1c1cn(-c2ccccc2)nc1-c1cccc(C)c1. The van der Waals surface area contributed by atoms with Crippen LogP contribution >= 0.6 is 0 Å². The molecule has 4 aromatic rings. The number of rotatable bonds is 4. The summed E-state index contributed by atoms with van der Waals surface area (Å²) >= 11 is 0. The molecule has 6 heteroatoms. The molecule has 1 aliphatic rings. The Kier molecular flexibility index (Phi) is 5.26. The van der Waals surface area contributed by atoms with Crippen molar-refractivity contribution in [2.45, 2.75) is 26.3 Å². The molecule has 33 heavy (non-hydrogen) atoms. The van der Waals surface area contributed by atoms with Gasteiger partial charge in [-0.1, -0.05) is 54.1 Å². The molecule has 0 spiro atoms. The van der Waals surface area contributed by atoms with Crippen molar-refractivity contribution in [2.75, 3.05) is 0 Å². The number of aryl methyl sites for hydroxylation is 1. The van der Waals surface area contributed by atoms with Gasteiger partial charge in [0.15, 0.2) is 0 Å². The fraction of sp³-hybridized carbons (Fsp3) is 0.148. The van der Waals surface area contributed by atoms with Crippen LogP contribution < -0.4 is 0 Å². The van der Waals surface area contributed by atoms with Crippen LogP contribution in [0.25, 0.3) is 16.9 Å². The van der Waals surface area contributed by atoms with Crippen LogP contribution in [0.1, 0.15) is 36.1 Å². The smallest absolute Gasteiger partial charge is 0.240 e. The van der Waals surface area contributed by atoms with Crippen molar-refractivity contribution in [1.29, 1.82) is 0 Å². The third-order valence-electron chi connectivity index (χ3n) is 5.83. The van der Waals surface area contributed by atoms with E-state index in [-0.39, 0.29) is 17.7 Å². The molecule has 1 atom stereocenters. The van der Waals surface area contributed by atoms with Crippen LogP contribution in [0, 0.1) is 6.92 Å². The second-order valence-corrected chi connectivity index (χ2v) is 8.26. The van der Waals surface area contributed by atoms with E-state index in [2.05, 4.69) is 24.2 Å². The fourth-order valence-electron chi connectivity index (χ4n) is 4.26. The molecule has 0 saturated carbocycles. The molecule has 6 nitrogen and oxygen atoms in total. The van der Waals surface area contributed by atoms with E-state index in [1.165, 1.54) is 11.9 Å². The first kappa shape index (κ1) is 20.7. The first-order chi connectivity index (χ1) is 16.0. The molecule has 0 unspecified atom stereocenters. The zero-order chi connectivity index (χ0) is 22.9. The van der Waals surface area contributed by atoms with Gasteiger partial charge in [0.2, 0.25) is 5.91 Å². The predicted octanol–water partition coefficient (Wildman–Crippen LogP) is 5.25. The Hall–Kier alpha value is -4.19. The molecule has 1 amide bonds. The summed E-state index contributed by atoms with van der Waals surface area (Å²) in [5, 5.41) is 21.0. The predicted molar refractivity (Wildman–Crippen MR) is 128 cm³/mol. The molecule has 0 aliphatic carbocycles. The number of phenols is 1. The lowest BCUT2D eigenvalue weighted by molar-refractivity contribution is -0.130. The highest BCUT2D eigenvalue weighted by Gasteiger charge is 2.34. The van der Waals surface area contributed by atoms with Gasteiger partial charge < -0.3 is 5.11 Å². The number of carbonyl (C=O) groups is 1. The van der Waals surface area contributed by atoms with Crippen molar-refractivity contribution in [3.63, 3.8) is 0 Å². The van der Waals surface area contributed by atoms with Gasteiger partial charge in [0, 0.05) is 36.2 Å². The molecule has 2 heterocycles.